The number of aromatic nitrogens is 1. The van der Waals surface area contributed by atoms with E-state index < -0.39 is 0 Å². The van der Waals surface area contributed by atoms with Crippen molar-refractivity contribution in [3.8, 4) is 0 Å². The average molecular weight is 171 g/mol. The molecule has 0 bridgehead atoms. The highest BCUT2D eigenvalue weighted by Crippen LogP contribution is 2.37. The summed E-state index contributed by atoms with van der Waals surface area (Å²) in [5, 5.41) is 4.18. The maximum Gasteiger partial charge on any atom is 0.104 e. The van der Waals surface area contributed by atoms with Gasteiger partial charge < -0.3 is 0 Å². The Morgan fingerprint density at radius 1 is 1.60 bits per heavy atom. The van der Waals surface area contributed by atoms with Crippen molar-refractivity contribution in [2.45, 2.75) is 30.2 Å². The number of hydrogen-bond donors (Lipinski definition) is 1. The molecule has 3 heteroatoms. The van der Waals surface area contributed by atoms with Gasteiger partial charge in [0.25, 0.3) is 0 Å². The van der Waals surface area contributed by atoms with E-state index >= 15 is 0 Å². The zero-order valence-corrected chi connectivity index (χ0v) is 7.29. The first-order valence-electron chi connectivity index (χ1n) is 3.50. The monoisotopic (exact) mass is 171 g/mol. The van der Waals surface area contributed by atoms with E-state index in [2.05, 4.69) is 17.6 Å². The first-order chi connectivity index (χ1) is 4.86. The molecular weight excluding hydrogens is 162 g/mol. The zero-order valence-electron chi connectivity index (χ0n) is 5.58. The molecule has 1 heterocycles. The van der Waals surface area contributed by atoms with E-state index in [9.17, 15) is 0 Å². The Hall–Kier alpha value is -0.0200. The molecule has 1 saturated carbocycles. The zero-order chi connectivity index (χ0) is 6.97. The van der Waals surface area contributed by atoms with Crippen LogP contribution in [0.15, 0.2) is 10.4 Å². The van der Waals surface area contributed by atoms with Crippen molar-refractivity contribution < 1.29 is 0 Å². The molecule has 0 atom stereocenters. The third-order valence-electron chi connectivity index (χ3n) is 1.96. The van der Waals surface area contributed by atoms with Crippen LogP contribution in [0.25, 0.3) is 0 Å². The van der Waals surface area contributed by atoms with Crippen LogP contribution < -0.4 is 0 Å². The van der Waals surface area contributed by atoms with E-state index in [1.54, 1.807) is 11.3 Å². The van der Waals surface area contributed by atoms with E-state index in [1.165, 1.54) is 24.3 Å². The van der Waals surface area contributed by atoms with Crippen LogP contribution in [0.5, 0.6) is 0 Å². The summed E-state index contributed by atoms with van der Waals surface area (Å²) in [6.45, 7) is 0. The topological polar surface area (TPSA) is 12.9 Å². The normalized spacial score (nSPS) is 18.9. The molecule has 0 amide bonds. The van der Waals surface area contributed by atoms with E-state index in [4.69, 9.17) is 0 Å². The van der Waals surface area contributed by atoms with Crippen LogP contribution in [0.1, 0.15) is 30.2 Å². The van der Waals surface area contributed by atoms with Gasteiger partial charge in [-0.25, -0.2) is 4.98 Å². The molecule has 10 heavy (non-hydrogen) atoms. The van der Waals surface area contributed by atoms with Crippen molar-refractivity contribution >= 4 is 24.0 Å². The van der Waals surface area contributed by atoms with Gasteiger partial charge in [0.2, 0.25) is 0 Å². The van der Waals surface area contributed by atoms with Gasteiger partial charge in [0.1, 0.15) is 5.03 Å². The standard InChI is InChI=1S/C7H9NS2/c9-6-4-10-7(8-6)5-2-1-3-5/h4-5,9H,1-3H2. The summed E-state index contributed by atoms with van der Waals surface area (Å²) < 4.78 is 0. The maximum absolute atomic E-state index is 4.32. The second-order valence-electron chi connectivity index (χ2n) is 2.67. The molecule has 0 aromatic carbocycles. The maximum atomic E-state index is 4.32. The van der Waals surface area contributed by atoms with E-state index in [0.29, 0.717) is 0 Å². The van der Waals surface area contributed by atoms with Crippen molar-refractivity contribution in [3.63, 3.8) is 0 Å². The lowest BCUT2D eigenvalue weighted by atomic mass is 9.86. The lowest BCUT2D eigenvalue weighted by molar-refractivity contribution is 0.417. The Bertz CT molecular complexity index is 227. The SMILES string of the molecule is Sc1csc(C2CCC2)n1. The minimum Gasteiger partial charge on any atom is -0.235 e. The second kappa shape index (κ2) is 2.55. The number of rotatable bonds is 1. The van der Waals surface area contributed by atoms with Gasteiger partial charge in [-0.1, -0.05) is 6.42 Å². The van der Waals surface area contributed by atoms with Crippen LogP contribution in [0.4, 0.5) is 0 Å². The predicted molar refractivity (Wildman–Crippen MR) is 46.0 cm³/mol. The summed E-state index contributed by atoms with van der Waals surface area (Å²) in [5.74, 6) is 0.769. The molecular formula is C7H9NS2. The van der Waals surface area contributed by atoms with Gasteiger partial charge in [-0.05, 0) is 12.8 Å². The third-order valence-corrected chi connectivity index (χ3v) is 3.38. The van der Waals surface area contributed by atoms with Crippen LogP contribution in [-0.2, 0) is 0 Å². The minimum absolute atomic E-state index is 0.769. The summed E-state index contributed by atoms with van der Waals surface area (Å²) in [6.07, 6.45) is 4.05. The van der Waals surface area contributed by atoms with Crippen LogP contribution in [-0.4, -0.2) is 4.98 Å². The van der Waals surface area contributed by atoms with Crippen molar-refractivity contribution in [2.75, 3.05) is 0 Å². The number of thiazole rings is 1. The van der Waals surface area contributed by atoms with Gasteiger partial charge in [-0.3, -0.25) is 0 Å². The van der Waals surface area contributed by atoms with Crippen LogP contribution in [0.2, 0.25) is 0 Å². The third kappa shape index (κ3) is 1.08. The van der Waals surface area contributed by atoms with Crippen molar-refractivity contribution in [3.05, 3.63) is 10.4 Å². The molecule has 0 saturated heterocycles. The van der Waals surface area contributed by atoms with E-state index in [0.717, 1.165) is 10.9 Å². The smallest absolute Gasteiger partial charge is 0.104 e. The molecule has 1 nitrogen and oxygen atoms in total. The molecule has 0 aliphatic heterocycles. The second-order valence-corrected chi connectivity index (χ2v) is 4.02. The molecule has 1 fully saturated rings. The lowest BCUT2D eigenvalue weighted by Crippen LogP contribution is -2.07. The van der Waals surface area contributed by atoms with Gasteiger partial charge in [0.05, 0.1) is 5.01 Å². The summed E-state index contributed by atoms with van der Waals surface area (Å²) >= 11 is 5.91. The lowest BCUT2D eigenvalue weighted by Gasteiger charge is -2.22. The molecule has 0 spiro atoms. The molecule has 0 radical (unpaired) electrons. The quantitative estimate of drug-likeness (QED) is 0.641. The Morgan fingerprint density at radius 3 is 2.80 bits per heavy atom. The average Bonchev–Trinajstić information content (AvgIpc) is 2.10. The molecule has 54 valence electrons. The molecule has 1 aliphatic rings. The summed E-state index contributed by atoms with van der Waals surface area (Å²) in [7, 11) is 0. The molecule has 2 rings (SSSR count). The van der Waals surface area contributed by atoms with Gasteiger partial charge in [0.15, 0.2) is 0 Å². The minimum atomic E-state index is 0.769. The van der Waals surface area contributed by atoms with E-state index in [1.807, 2.05) is 5.38 Å². The molecule has 1 aliphatic carbocycles. The van der Waals surface area contributed by atoms with Crippen molar-refractivity contribution in [1.29, 1.82) is 0 Å². The summed E-state index contributed by atoms with van der Waals surface area (Å²) in [5.41, 5.74) is 0. The van der Waals surface area contributed by atoms with Crippen LogP contribution in [0.3, 0.4) is 0 Å². The number of nitrogens with zero attached hydrogens (tertiary/aromatic N) is 1. The highest BCUT2D eigenvalue weighted by Gasteiger charge is 2.21. The fourth-order valence-electron chi connectivity index (χ4n) is 1.12. The van der Waals surface area contributed by atoms with Crippen molar-refractivity contribution in [2.24, 2.45) is 0 Å². The molecule has 0 N–H and O–H groups in total. The molecule has 0 unspecified atom stereocenters. The molecule has 1 aromatic rings. The Kier molecular flexibility index (Phi) is 1.70. The van der Waals surface area contributed by atoms with Gasteiger partial charge in [-0.2, -0.15) is 0 Å². The fraction of sp³-hybridized carbons (Fsp3) is 0.571. The van der Waals surface area contributed by atoms with E-state index in [-0.39, 0.29) is 0 Å². The highest BCUT2D eigenvalue weighted by atomic mass is 32.1. The number of thiol groups is 1. The van der Waals surface area contributed by atoms with Gasteiger partial charge in [0, 0.05) is 11.3 Å². The largest absolute Gasteiger partial charge is 0.235 e. The molecule has 1 aromatic heterocycles. The highest BCUT2D eigenvalue weighted by molar-refractivity contribution is 7.80. The van der Waals surface area contributed by atoms with Crippen molar-refractivity contribution in [1.82, 2.24) is 4.98 Å². The Labute approximate surface area is 69.9 Å². The number of hydrogen-bond acceptors (Lipinski definition) is 3. The predicted octanol–water partition coefficient (Wildman–Crippen LogP) is 2.70. The van der Waals surface area contributed by atoms with Crippen LogP contribution >= 0.6 is 24.0 Å². The first kappa shape index (κ1) is 6.68. The fourth-order valence-corrected chi connectivity index (χ4v) is 2.31. The van der Waals surface area contributed by atoms with Crippen LogP contribution in [0, 0.1) is 0 Å². The Morgan fingerprint density at radius 2 is 2.40 bits per heavy atom. The summed E-state index contributed by atoms with van der Waals surface area (Å²) in [4.78, 5) is 4.32. The Balaban J connectivity index is 2.17. The van der Waals surface area contributed by atoms with Gasteiger partial charge in [-0.15, -0.1) is 24.0 Å². The first-order valence-corrected chi connectivity index (χ1v) is 4.83. The van der Waals surface area contributed by atoms with Gasteiger partial charge >= 0.3 is 0 Å². The summed E-state index contributed by atoms with van der Waals surface area (Å²) in [6, 6.07) is 0.